The van der Waals surface area contributed by atoms with Gasteiger partial charge in [-0.2, -0.15) is 0 Å². The van der Waals surface area contributed by atoms with Gasteiger partial charge in [0.2, 0.25) is 34.5 Å². The molecule has 0 spiro atoms. The van der Waals surface area contributed by atoms with Crippen LogP contribution in [-0.4, -0.2) is 34.6 Å². The number of hydrogen-bond acceptors (Lipinski definition) is 6. The highest BCUT2D eigenvalue weighted by molar-refractivity contribution is 5.71. The van der Waals surface area contributed by atoms with Gasteiger partial charge in [-0.1, -0.05) is 0 Å². The predicted molar refractivity (Wildman–Crippen MR) is 46.2 cm³/mol. The van der Waals surface area contributed by atoms with E-state index in [1.165, 1.54) is 14.2 Å². The van der Waals surface area contributed by atoms with Crippen LogP contribution in [0.5, 0.6) is 34.5 Å². The summed E-state index contributed by atoms with van der Waals surface area (Å²) in [7, 11) is 2.37. The zero-order valence-electron chi connectivity index (χ0n) is 7.61. The average Bonchev–Trinajstić information content (AvgIpc) is 2.16. The molecular weight excluding hydrogens is 192 g/mol. The van der Waals surface area contributed by atoms with Crippen LogP contribution in [0.15, 0.2) is 0 Å². The van der Waals surface area contributed by atoms with Crippen LogP contribution in [0.25, 0.3) is 0 Å². The number of methoxy groups -OCH3 is 2. The minimum Gasteiger partial charge on any atom is -0.502 e. The molecule has 0 radical (unpaired) electrons. The van der Waals surface area contributed by atoms with Crippen LogP contribution in [0, 0.1) is 0 Å². The largest absolute Gasteiger partial charge is 0.502 e. The lowest BCUT2D eigenvalue weighted by Crippen LogP contribution is -1.90. The van der Waals surface area contributed by atoms with E-state index >= 15 is 0 Å². The Balaban J connectivity index is 3.56. The number of benzene rings is 1. The molecule has 0 bridgehead atoms. The fraction of sp³-hybridized carbons (Fsp3) is 0.250. The Bertz CT molecular complexity index is 328. The fourth-order valence-corrected chi connectivity index (χ4v) is 1.04. The molecule has 0 aliphatic carbocycles. The quantitative estimate of drug-likeness (QED) is 0.412. The molecule has 1 rings (SSSR count). The molecule has 0 aliphatic heterocycles. The van der Waals surface area contributed by atoms with Crippen LogP contribution in [-0.2, 0) is 0 Å². The monoisotopic (exact) mass is 202 g/mol. The van der Waals surface area contributed by atoms with Crippen molar-refractivity contribution in [2.24, 2.45) is 0 Å². The average molecular weight is 202 g/mol. The smallest absolute Gasteiger partial charge is 0.211 e. The van der Waals surface area contributed by atoms with Gasteiger partial charge in [0.05, 0.1) is 14.2 Å². The molecule has 0 saturated carbocycles. The summed E-state index contributed by atoms with van der Waals surface area (Å²) in [5.74, 6) is -3.61. The van der Waals surface area contributed by atoms with Crippen LogP contribution in [0.4, 0.5) is 0 Å². The molecule has 0 unspecified atom stereocenters. The number of phenols is 4. The Hall–Kier alpha value is -1.98. The molecule has 0 atom stereocenters. The molecule has 0 aliphatic rings. The van der Waals surface area contributed by atoms with E-state index in [1.807, 2.05) is 0 Å². The predicted octanol–water partition coefficient (Wildman–Crippen LogP) is 0.526. The first-order valence-electron chi connectivity index (χ1n) is 3.62. The normalized spacial score (nSPS) is 9.86. The van der Waals surface area contributed by atoms with E-state index in [2.05, 4.69) is 9.47 Å². The van der Waals surface area contributed by atoms with Gasteiger partial charge in [0, 0.05) is 0 Å². The number of aromatic hydroxyl groups is 4. The molecule has 0 amide bonds. The maximum Gasteiger partial charge on any atom is 0.211 e. The Morgan fingerprint density at radius 2 is 1.00 bits per heavy atom. The van der Waals surface area contributed by atoms with E-state index in [0.717, 1.165) is 0 Å². The van der Waals surface area contributed by atoms with Crippen LogP contribution in [0.2, 0.25) is 0 Å². The van der Waals surface area contributed by atoms with Crippen molar-refractivity contribution in [2.45, 2.75) is 0 Å². The standard InChI is InChI=1S/C8H10O6/c1-13-7-4(10)3(9)5(11)8(14-2)6(7)12/h9-12H,1-2H3. The van der Waals surface area contributed by atoms with E-state index < -0.39 is 23.0 Å². The SMILES string of the molecule is COc1c(O)c(O)c(O)c(OC)c1O. The van der Waals surface area contributed by atoms with Gasteiger partial charge in [0.15, 0.2) is 0 Å². The first-order chi connectivity index (χ1) is 6.54. The van der Waals surface area contributed by atoms with Gasteiger partial charge in [-0.15, -0.1) is 0 Å². The zero-order valence-corrected chi connectivity index (χ0v) is 7.61. The molecule has 0 saturated heterocycles. The topological polar surface area (TPSA) is 99.4 Å². The van der Waals surface area contributed by atoms with Crippen LogP contribution >= 0.6 is 0 Å². The van der Waals surface area contributed by atoms with Crippen molar-refractivity contribution in [2.75, 3.05) is 14.2 Å². The van der Waals surface area contributed by atoms with E-state index in [4.69, 9.17) is 0 Å². The second-order valence-electron chi connectivity index (χ2n) is 2.46. The van der Waals surface area contributed by atoms with Crippen LogP contribution in [0.3, 0.4) is 0 Å². The van der Waals surface area contributed by atoms with Crippen molar-refractivity contribution in [3.63, 3.8) is 0 Å². The molecule has 6 heteroatoms. The van der Waals surface area contributed by atoms with Gasteiger partial charge in [-0.05, 0) is 0 Å². The Morgan fingerprint density at radius 3 is 1.29 bits per heavy atom. The lowest BCUT2D eigenvalue weighted by molar-refractivity contribution is 0.289. The lowest BCUT2D eigenvalue weighted by Gasteiger charge is -2.12. The summed E-state index contributed by atoms with van der Waals surface area (Å²) in [5, 5.41) is 37.0. The summed E-state index contributed by atoms with van der Waals surface area (Å²) < 4.78 is 9.21. The number of ether oxygens (including phenoxy) is 2. The second kappa shape index (κ2) is 3.41. The molecule has 14 heavy (non-hydrogen) atoms. The molecule has 4 N–H and O–H groups in total. The number of hydrogen-bond donors (Lipinski definition) is 4. The first-order valence-corrected chi connectivity index (χ1v) is 3.62. The van der Waals surface area contributed by atoms with Crippen molar-refractivity contribution in [1.29, 1.82) is 0 Å². The third kappa shape index (κ3) is 1.20. The summed E-state index contributed by atoms with van der Waals surface area (Å²) in [4.78, 5) is 0. The highest BCUT2D eigenvalue weighted by Crippen LogP contribution is 2.55. The highest BCUT2D eigenvalue weighted by Gasteiger charge is 2.24. The van der Waals surface area contributed by atoms with Crippen molar-refractivity contribution in [1.82, 2.24) is 0 Å². The Kier molecular flexibility index (Phi) is 2.46. The third-order valence-corrected chi connectivity index (χ3v) is 1.72. The molecule has 78 valence electrons. The number of phenolic OH excluding ortho intramolecular Hbond substituents is 4. The van der Waals surface area contributed by atoms with Gasteiger partial charge in [-0.25, -0.2) is 0 Å². The maximum atomic E-state index is 9.39. The molecule has 1 aromatic carbocycles. The van der Waals surface area contributed by atoms with Crippen molar-refractivity contribution >= 4 is 0 Å². The molecule has 1 aromatic rings. The number of rotatable bonds is 2. The van der Waals surface area contributed by atoms with E-state index in [9.17, 15) is 20.4 Å². The van der Waals surface area contributed by atoms with Crippen LogP contribution in [0.1, 0.15) is 0 Å². The summed E-state index contributed by atoms with van der Waals surface area (Å²) in [6.45, 7) is 0. The summed E-state index contributed by atoms with van der Waals surface area (Å²) in [6.07, 6.45) is 0. The highest BCUT2D eigenvalue weighted by atomic mass is 16.5. The lowest BCUT2D eigenvalue weighted by atomic mass is 10.2. The maximum absolute atomic E-state index is 9.39. The first kappa shape index (κ1) is 10.1. The second-order valence-corrected chi connectivity index (χ2v) is 2.46. The Morgan fingerprint density at radius 1 is 0.643 bits per heavy atom. The van der Waals surface area contributed by atoms with Gasteiger partial charge >= 0.3 is 0 Å². The van der Waals surface area contributed by atoms with Crippen molar-refractivity contribution < 1.29 is 29.9 Å². The summed E-state index contributed by atoms with van der Waals surface area (Å²) >= 11 is 0. The summed E-state index contributed by atoms with van der Waals surface area (Å²) in [5.41, 5.74) is 0. The van der Waals surface area contributed by atoms with Crippen molar-refractivity contribution in [3.8, 4) is 34.5 Å². The molecule has 0 heterocycles. The molecule has 0 aromatic heterocycles. The zero-order chi connectivity index (χ0) is 10.9. The van der Waals surface area contributed by atoms with Crippen LogP contribution < -0.4 is 9.47 Å². The molecular formula is C8H10O6. The minimum atomic E-state index is -0.809. The molecule has 0 fully saturated rings. The van der Waals surface area contributed by atoms with E-state index in [1.54, 1.807) is 0 Å². The summed E-state index contributed by atoms with van der Waals surface area (Å²) in [6, 6.07) is 0. The minimum absolute atomic E-state index is 0.364. The van der Waals surface area contributed by atoms with E-state index in [-0.39, 0.29) is 11.5 Å². The Labute approximate surface area is 79.6 Å². The van der Waals surface area contributed by atoms with Crippen molar-refractivity contribution in [3.05, 3.63) is 0 Å². The van der Waals surface area contributed by atoms with Gasteiger partial charge < -0.3 is 29.9 Å². The fourth-order valence-electron chi connectivity index (χ4n) is 1.04. The molecule has 6 nitrogen and oxygen atoms in total. The van der Waals surface area contributed by atoms with Gasteiger partial charge in [0.25, 0.3) is 0 Å². The third-order valence-electron chi connectivity index (χ3n) is 1.72. The van der Waals surface area contributed by atoms with Gasteiger partial charge in [0.1, 0.15) is 0 Å². The van der Waals surface area contributed by atoms with E-state index in [0.29, 0.717) is 0 Å². The van der Waals surface area contributed by atoms with Gasteiger partial charge in [-0.3, -0.25) is 0 Å².